The standard InChI is InChI=1S/C18H23N3O2S/c1-3-16-19-20-17(24-16)21-8-4-7-18(2,11-21)10-13-5-6-14-15(9-13)23-12-22-14/h5-6,9H,3-4,7-8,10-12H2,1-2H3/t18-/m0/s1. The van der Waals surface area contributed by atoms with Crippen molar-refractivity contribution in [3.63, 3.8) is 0 Å². The first-order chi connectivity index (χ1) is 11.6. The Bertz CT molecular complexity index is 733. The maximum atomic E-state index is 5.52. The second-order valence-corrected chi connectivity index (χ2v) is 8.07. The van der Waals surface area contributed by atoms with Gasteiger partial charge in [-0.15, -0.1) is 10.2 Å². The lowest BCUT2D eigenvalue weighted by molar-refractivity contribution is 0.174. The van der Waals surface area contributed by atoms with Crippen LogP contribution in [0.15, 0.2) is 18.2 Å². The number of fused-ring (bicyclic) bond motifs is 1. The van der Waals surface area contributed by atoms with Crippen molar-refractivity contribution in [1.82, 2.24) is 10.2 Å². The van der Waals surface area contributed by atoms with Gasteiger partial charge in [-0.3, -0.25) is 0 Å². The zero-order valence-electron chi connectivity index (χ0n) is 14.2. The summed E-state index contributed by atoms with van der Waals surface area (Å²) in [7, 11) is 0. The molecule has 1 atom stereocenters. The van der Waals surface area contributed by atoms with Gasteiger partial charge in [-0.1, -0.05) is 31.3 Å². The summed E-state index contributed by atoms with van der Waals surface area (Å²) >= 11 is 1.73. The predicted octanol–water partition coefficient (Wildman–Crippen LogP) is 3.68. The van der Waals surface area contributed by atoms with Gasteiger partial charge in [0.05, 0.1) is 0 Å². The van der Waals surface area contributed by atoms with Crippen molar-refractivity contribution in [3.8, 4) is 11.5 Å². The average Bonchev–Trinajstić information content (AvgIpc) is 3.23. The van der Waals surface area contributed by atoms with Crippen LogP contribution in [0.25, 0.3) is 0 Å². The largest absolute Gasteiger partial charge is 0.454 e. The van der Waals surface area contributed by atoms with Gasteiger partial charge >= 0.3 is 0 Å². The van der Waals surface area contributed by atoms with Crippen LogP contribution in [-0.2, 0) is 12.8 Å². The lowest BCUT2D eigenvalue weighted by atomic mass is 9.77. The van der Waals surface area contributed by atoms with Crippen LogP contribution in [0.4, 0.5) is 5.13 Å². The molecule has 2 aromatic rings. The normalized spacial score (nSPS) is 22.8. The summed E-state index contributed by atoms with van der Waals surface area (Å²) in [6.45, 7) is 6.95. The van der Waals surface area contributed by atoms with E-state index in [1.54, 1.807) is 11.3 Å². The third-order valence-corrected chi connectivity index (χ3v) is 6.01. The van der Waals surface area contributed by atoms with E-state index in [0.29, 0.717) is 6.79 Å². The molecule has 4 rings (SSSR count). The van der Waals surface area contributed by atoms with E-state index in [-0.39, 0.29) is 5.41 Å². The Balaban J connectivity index is 1.49. The number of benzene rings is 1. The Morgan fingerprint density at radius 3 is 2.96 bits per heavy atom. The van der Waals surface area contributed by atoms with E-state index in [1.165, 1.54) is 18.4 Å². The lowest BCUT2D eigenvalue weighted by Gasteiger charge is -2.40. The highest BCUT2D eigenvalue weighted by Gasteiger charge is 2.33. The molecule has 3 heterocycles. The van der Waals surface area contributed by atoms with Crippen LogP contribution in [0.1, 0.15) is 37.3 Å². The molecular formula is C18H23N3O2S. The van der Waals surface area contributed by atoms with Crippen molar-refractivity contribution in [1.29, 1.82) is 0 Å². The van der Waals surface area contributed by atoms with Gasteiger partial charge < -0.3 is 14.4 Å². The van der Waals surface area contributed by atoms with Crippen molar-refractivity contribution in [2.75, 3.05) is 24.8 Å². The topological polar surface area (TPSA) is 47.5 Å². The summed E-state index contributed by atoms with van der Waals surface area (Å²) in [6.07, 6.45) is 4.43. The van der Waals surface area contributed by atoms with Crippen molar-refractivity contribution in [2.24, 2.45) is 5.41 Å². The van der Waals surface area contributed by atoms with Crippen LogP contribution in [0.5, 0.6) is 11.5 Å². The highest BCUT2D eigenvalue weighted by molar-refractivity contribution is 7.15. The second kappa shape index (κ2) is 6.24. The van der Waals surface area contributed by atoms with Crippen LogP contribution in [0, 0.1) is 5.41 Å². The highest BCUT2D eigenvalue weighted by Crippen LogP contribution is 2.39. The molecule has 1 aromatic heterocycles. The van der Waals surface area contributed by atoms with Crippen LogP contribution < -0.4 is 14.4 Å². The SMILES string of the molecule is CCc1nnc(N2CCC[C@@](C)(Cc3ccc4c(c3)OCO4)C2)s1. The number of nitrogens with zero attached hydrogens (tertiary/aromatic N) is 3. The molecule has 0 amide bonds. The van der Waals surface area contributed by atoms with Crippen molar-refractivity contribution in [2.45, 2.75) is 39.5 Å². The summed E-state index contributed by atoms with van der Waals surface area (Å²) in [5.41, 5.74) is 1.55. The number of anilines is 1. The average molecular weight is 345 g/mol. The molecule has 0 spiro atoms. The molecule has 6 heteroatoms. The molecule has 0 bridgehead atoms. The van der Waals surface area contributed by atoms with Gasteiger partial charge in [-0.05, 0) is 48.8 Å². The van der Waals surface area contributed by atoms with Gasteiger partial charge in [0.1, 0.15) is 5.01 Å². The Kier molecular flexibility index (Phi) is 4.08. The van der Waals surface area contributed by atoms with Gasteiger partial charge in [0.25, 0.3) is 0 Å². The number of hydrogen-bond acceptors (Lipinski definition) is 6. The highest BCUT2D eigenvalue weighted by atomic mass is 32.1. The number of rotatable bonds is 4. The number of ether oxygens (including phenoxy) is 2. The molecule has 1 saturated heterocycles. The first kappa shape index (κ1) is 15.7. The molecule has 24 heavy (non-hydrogen) atoms. The first-order valence-electron chi connectivity index (χ1n) is 8.61. The van der Waals surface area contributed by atoms with E-state index < -0.39 is 0 Å². The third kappa shape index (κ3) is 3.07. The van der Waals surface area contributed by atoms with Gasteiger partial charge in [0.15, 0.2) is 11.5 Å². The van der Waals surface area contributed by atoms with Crippen LogP contribution in [-0.4, -0.2) is 30.1 Å². The zero-order valence-corrected chi connectivity index (χ0v) is 15.1. The lowest BCUT2D eigenvalue weighted by Crippen LogP contribution is -2.42. The molecule has 0 N–H and O–H groups in total. The monoisotopic (exact) mass is 345 g/mol. The van der Waals surface area contributed by atoms with Crippen molar-refractivity contribution < 1.29 is 9.47 Å². The van der Waals surface area contributed by atoms with E-state index in [2.05, 4.69) is 41.1 Å². The van der Waals surface area contributed by atoms with E-state index in [9.17, 15) is 0 Å². The van der Waals surface area contributed by atoms with Crippen LogP contribution in [0.3, 0.4) is 0 Å². The Morgan fingerprint density at radius 2 is 2.12 bits per heavy atom. The molecule has 1 fully saturated rings. The summed E-state index contributed by atoms with van der Waals surface area (Å²) in [6, 6.07) is 6.32. The number of hydrogen-bond donors (Lipinski definition) is 0. The maximum Gasteiger partial charge on any atom is 0.231 e. The summed E-state index contributed by atoms with van der Waals surface area (Å²) in [4.78, 5) is 2.41. The second-order valence-electron chi connectivity index (χ2n) is 7.03. The molecule has 0 radical (unpaired) electrons. The maximum absolute atomic E-state index is 5.52. The molecule has 128 valence electrons. The smallest absolute Gasteiger partial charge is 0.231 e. The molecular weight excluding hydrogens is 322 g/mol. The van der Waals surface area contributed by atoms with Crippen LogP contribution >= 0.6 is 11.3 Å². The number of aryl methyl sites for hydroxylation is 1. The molecule has 0 saturated carbocycles. The number of aromatic nitrogens is 2. The van der Waals surface area contributed by atoms with Crippen LogP contribution in [0.2, 0.25) is 0 Å². The molecule has 1 aromatic carbocycles. The molecule has 0 unspecified atom stereocenters. The Hall–Kier alpha value is -1.82. The van der Waals surface area contributed by atoms with Gasteiger partial charge in [0.2, 0.25) is 11.9 Å². The van der Waals surface area contributed by atoms with Gasteiger partial charge in [-0.2, -0.15) is 0 Å². The van der Waals surface area contributed by atoms with Gasteiger partial charge in [-0.25, -0.2) is 0 Å². The minimum Gasteiger partial charge on any atom is -0.454 e. The summed E-state index contributed by atoms with van der Waals surface area (Å²) in [5.74, 6) is 1.73. The fraction of sp³-hybridized carbons (Fsp3) is 0.556. The Labute approximate surface area is 146 Å². The Morgan fingerprint density at radius 1 is 1.25 bits per heavy atom. The summed E-state index contributed by atoms with van der Waals surface area (Å²) < 4.78 is 10.9. The van der Waals surface area contributed by atoms with E-state index >= 15 is 0 Å². The fourth-order valence-corrected chi connectivity index (χ4v) is 4.49. The van der Waals surface area contributed by atoms with E-state index in [4.69, 9.17) is 9.47 Å². The van der Waals surface area contributed by atoms with Gasteiger partial charge in [0, 0.05) is 13.1 Å². The molecule has 2 aliphatic rings. The minimum absolute atomic E-state index is 0.240. The third-order valence-electron chi connectivity index (χ3n) is 4.88. The first-order valence-corrected chi connectivity index (χ1v) is 9.43. The zero-order chi connectivity index (χ0) is 16.6. The quantitative estimate of drug-likeness (QED) is 0.846. The molecule has 0 aliphatic carbocycles. The minimum atomic E-state index is 0.240. The van der Waals surface area contributed by atoms with Crippen molar-refractivity contribution in [3.05, 3.63) is 28.8 Å². The fourth-order valence-electron chi connectivity index (χ4n) is 3.68. The number of piperidine rings is 1. The molecule has 5 nitrogen and oxygen atoms in total. The van der Waals surface area contributed by atoms with Crippen molar-refractivity contribution >= 4 is 16.5 Å². The summed E-state index contributed by atoms with van der Waals surface area (Å²) in [5, 5.41) is 10.9. The molecule has 2 aliphatic heterocycles. The van der Waals surface area contributed by atoms with E-state index in [1.807, 2.05) is 6.07 Å². The predicted molar refractivity (Wildman–Crippen MR) is 95.1 cm³/mol. The van der Waals surface area contributed by atoms with E-state index in [0.717, 1.165) is 47.6 Å².